The third-order valence-electron chi connectivity index (χ3n) is 9.81. The average Bonchev–Trinajstić information content (AvgIpc) is 3.76. The van der Waals surface area contributed by atoms with Gasteiger partial charge in [-0.25, -0.2) is 9.98 Å². The molecule has 4 aliphatic heterocycles. The van der Waals surface area contributed by atoms with E-state index in [2.05, 4.69) is 73.1 Å². The summed E-state index contributed by atoms with van der Waals surface area (Å²) in [5, 5.41) is 3.04. The van der Waals surface area contributed by atoms with Gasteiger partial charge < -0.3 is 35.7 Å². The van der Waals surface area contributed by atoms with Crippen molar-refractivity contribution in [1.82, 2.24) is 5.32 Å². The van der Waals surface area contributed by atoms with Crippen LogP contribution in [-0.4, -0.2) is 37.2 Å². The minimum absolute atomic E-state index is 0.0832. The van der Waals surface area contributed by atoms with Gasteiger partial charge in [0.2, 0.25) is 0 Å². The van der Waals surface area contributed by atoms with Crippen LogP contribution in [0.5, 0.6) is 23.0 Å². The van der Waals surface area contributed by atoms with Crippen molar-refractivity contribution >= 4 is 56.5 Å². The van der Waals surface area contributed by atoms with E-state index in [-0.39, 0.29) is 30.6 Å². The molecule has 52 heavy (non-hydrogen) atoms. The predicted octanol–water partition coefficient (Wildman–Crippen LogP) is 7.69. The maximum Gasteiger partial charge on any atom is 0.283 e. The highest BCUT2D eigenvalue weighted by molar-refractivity contribution is 14.1. The van der Waals surface area contributed by atoms with E-state index >= 15 is 0 Å². The number of amidine groups is 2. The standard InChI is InChI=1S/C25H21N3O3.C15H10BrIN2O2/c26-24-28-25(14-30-24)19-12-16(15-4-2-1-3-5-15)6-10-21(19)31-22-11-7-17(13-20(22)25)23(29)27-18-8-9-18;16-8-1-3-12-10(5-8)15(7-20-14(18)19-15)11-6-9(17)2-4-13(11)21-12/h1-7,10-13,18H,8-9,14H2,(H2,26,28)(H,27,29);1-6H,7H2,(H2,18,19)/t25-;15-/m10/s1. The first-order valence-corrected chi connectivity index (χ1v) is 18.7. The molecule has 10 rings (SSSR count). The lowest BCUT2D eigenvalue weighted by Crippen LogP contribution is -2.32. The van der Waals surface area contributed by atoms with Crippen LogP contribution in [0, 0.1) is 3.57 Å². The van der Waals surface area contributed by atoms with Gasteiger partial charge in [-0.1, -0.05) is 52.3 Å². The lowest BCUT2D eigenvalue weighted by molar-refractivity contribution is 0.0950. The van der Waals surface area contributed by atoms with Crippen molar-refractivity contribution < 1.29 is 23.7 Å². The van der Waals surface area contributed by atoms with Crippen LogP contribution in [0.1, 0.15) is 45.5 Å². The Labute approximate surface area is 321 Å². The summed E-state index contributed by atoms with van der Waals surface area (Å²) in [7, 11) is 0. The Morgan fingerprint density at radius 1 is 0.692 bits per heavy atom. The number of halogens is 2. The molecule has 0 radical (unpaired) electrons. The molecule has 0 unspecified atom stereocenters. The van der Waals surface area contributed by atoms with E-state index in [1.807, 2.05) is 72.8 Å². The Balaban J connectivity index is 0.000000149. The van der Waals surface area contributed by atoms with Gasteiger partial charge in [0.15, 0.2) is 11.1 Å². The molecule has 5 N–H and O–H groups in total. The van der Waals surface area contributed by atoms with Gasteiger partial charge in [0.1, 0.15) is 36.2 Å². The Kier molecular flexibility index (Phi) is 7.92. The van der Waals surface area contributed by atoms with E-state index < -0.39 is 11.1 Å². The molecule has 5 aromatic carbocycles. The van der Waals surface area contributed by atoms with E-state index in [1.165, 1.54) is 0 Å². The minimum atomic E-state index is -0.854. The summed E-state index contributed by atoms with van der Waals surface area (Å²) in [6, 6.07) is 34.3. The first-order valence-electron chi connectivity index (χ1n) is 16.8. The number of fused-ring (bicyclic) bond motifs is 8. The van der Waals surface area contributed by atoms with Crippen LogP contribution in [0.15, 0.2) is 118 Å². The van der Waals surface area contributed by atoms with Crippen molar-refractivity contribution in [3.8, 4) is 34.1 Å². The molecule has 0 saturated heterocycles. The zero-order chi connectivity index (χ0) is 35.6. The van der Waals surface area contributed by atoms with Crippen molar-refractivity contribution in [1.29, 1.82) is 0 Å². The van der Waals surface area contributed by atoms with Gasteiger partial charge in [-0.2, -0.15) is 0 Å². The highest BCUT2D eigenvalue weighted by Crippen LogP contribution is 2.53. The lowest BCUT2D eigenvalue weighted by atomic mass is 9.79. The lowest BCUT2D eigenvalue weighted by Gasteiger charge is -2.34. The third kappa shape index (κ3) is 5.64. The molecular formula is C40H31BrIN5O5. The van der Waals surface area contributed by atoms with Crippen LogP contribution < -0.4 is 26.3 Å². The largest absolute Gasteiger partial charge is 0.462 e. The van der Waals surface area contributed by atoms with E-state index in [9.17, 15) is 4.79 Å². The number of carbonyl (C=O) groups is 1. The molecule has 1 fully saturated rings. The molecule has 12 heteroatoms. The Morgan fingerprint density at radius 3 is 1.87 bits per heavy atom. The normalized spacial score (nSPS) is 21.3. The van der Waals surface area contributed by atoms with Gasteiger partial charge >= 0.3 is 0 Å². The number of ether oxygens (including phenoxy) is 4. The Morgan fingerprint density at radius 2 is 1.25 bits per heavy atom. The van der Waals surface area contributed by atoms with Crippen molar-refractivity contribution in [3.63, 3.8) is 0 Å². The summed E-state index contributed by atoms with van der Waals surface area (Å²) in [5.41, 5.74) is 16.6. The predicted molar refractivity (Wildman–Crippen MR) is 209 cm³/mol. The number of hydrogen-bond acceptors (Lipinski definition) is 9. The second-order valence-electron chi connectivity index (χ2n) is 13.2. The average molecular weight is 869 g/mol. The minimum Gasteiger partial charge on any atom is -0.462 e. The second kappa shape index (κ2) is 12.6. The molecular weight excluding hydrogens is 837 g/mol. The number of carbonyl (C=O) groups excluding carboxylic acids is 1. The summed E-state index contributed by atoms with van der Waals surface area (Å²) < 4.78 is 25.5. The zero-order valence-corrected chi connectivity index (χ0v) is 31.3. The molecule has 0 bridgehead atoms. The monoisotopic (exact) mass is 867 g/mol. The molecule has 10 nitrogen and oxygen atoms in total. The fourth-order valence-corrected chi connectivity index (χ4v) is 7.95. The number of rotatable bonds is 3. The number of nitrogens with zero attached hydrogens (tertiary/aromatic N) is 2. The summed E-state index contributed by atoms with van der Waals surface area (Å²) in [5.74, 6) is 2.87. The number of benzene rings is 5. The van der Waals surface area contributed by atoms with Crippen LogP contribution >= 0.6 is 38.5 Å². The van der Waals surface area contributed by atoms with Gasteiger partial charge in [-0.05, 0) is 113 Å². The molecule has 5 aromatic rings. The molecule has 5 aliphatic rings. The molecule has 2 spiro atoms. The quantitative estimate of drug-likeness (QED) is 0.158. The molecule has 1 aliphatic carbocycles. The van der Waals surface area contributed by atoms with Gasteiger partial charge in [0.25, 0.3) is 18.0 Å². The van der Waals surface area contributed by atoms with Gasteiger partial charge in [-0.15, -0.1) is 0 Å². The summed E-state index contributed by atoms with van der Waals surface area (Å²) in [4.78, 5) is 22.0. The van der Waals surface area contributed by atoms with Gasteiger partial charge in [0.05, 0.1) is 0 Å². The molecule has 260 valence electrons. The summed E-state index contributed by atoms with van der Waals surface area (Å²) >= 11 is 5.79. The van der Waals surface area contributed by atoms with Gasteiger partial charge in [0, 0.05) is 41.9 Å². The van der Waals surface area contributed by atoms with Crippen LogP contribution in [0.3, 0.4) is 0 Å². The summed E-state index contributed by atoms with van der Waals surface area (Å²) in [6.07, 6.45) is 2.07. The SMILES string of the molecule is NC1=N[C@@]2(CO1)c1cc(Br)ccc1Oc1ccc(I)cc12.NC1=N[C@@]2(CO1)c1cc(C(=O)NC3CC3)ccc1Oc1ccc(-c3ccccc3)cc12. The molecule has 0 aromatic heterocycles. The van der Waals surface area contributed by atoms with E-state index in [0.29, 0.717) is 23.7 Å². The smallest absolute Gasteiger partial charge is 0.283 e. The number of amides is 1. The topological polar surface area (TPSA) is 143 Å². The van der Waals surface area contributed by atoms with Gasteiger partial charge in [-0.3, -0.25) is 4.79 Å². The van der Waals surface area contributed by atoms with Crippen LogP contribution in [0.2, 0.25) is 0 Å². The third-order valence-corrected chi connectivity index (χ3v) is 11.0. The highest BCUT2D eigenvalue weighted by atomic mass is 127. The number of hydrogen-bond donors (Lipinski definition) is 3. The second-order valence-corrected chi connectivity index (χ2v) is 15.4. The Bertz CT molecular complexity index is 2300. The molecule has 1 amide bonds. The zero-order valence-electron chi connectivity index (χ0n) is 27.6. The van der Waals surface area contributed by atoms with E-state index in [4.69, 9.17) is 35.4 Å². The van der Waals surface area contributed by atoms with Crippen LogP contribution in [0.25, 0.3) is 11.1 Å². The van der Waals surface area contributed by atoms with Crippen molar-refractivity contribution in [2.45, 2.75) is 30.0 Å². The molecule has 4 heterocycles. The van der Waals surface area contributed by atoms with E-state index in [1.54, 1.807) is 6.07 Å². The maximum atomic E-state index is 12.7. The van der Waals surface area contributed by atoms with Crippen LogP contribution in [0.4, 0.5) is 0 Å². The molecule has 1 saturated carbocycles. The van der Waals surface area contributed by atoms with Crippen molar-refractivity contribution in [2.75, 3.05) is 13.2 Å². The summed E-state index contributed by atoms with van der Waals surface area (Å²) in [6.45, 7) is 0.646. The highest BCUT2D eigenvalue weighted by Gasteiger charge is 2.48. The maximum absolute atomic E-state index is 12.7. The van der Waals surface area contributed by atoms with Crippen LogP contribution in [-0.2, 0) is 20.6 Å². The molecule has 2 atom stereocenters. The number of aliphatic imine (C=N–C) groups is 2. The number of nitrogens with two attached hydrogens (primary N) is 2. The number of nitrogens with one attached hydrogen (secondary N) is 1. The Hall–Kier alpha value is -5.08. The first-order chi connectivity index (χ1) is 25.2. The van der Waals surface area contributed by atoms with Crippen molar-refractivity contribution in [3.05, 3.63) is 139 Å². The van der Waals surface area contributed by atoms with Crippen molar-refractivity contribution in [2.24, 2.45) is 21.5 Å². The van der Waals surface area contributed by atoms with E-state index in [0.717, 1.165) is 65.8 Å². The fourth-order valence-electron chi connectivity index (χ4n) is 7.10. The fraction of sp³-hybridized carbons (Fsp3) is 0.175. The first kappa shape index (κ1) is 32.8.